The minimum atomic E-state index is -0.666. The van der Waals surface area contributed by atoms with Crippen LogP contribution in [-0.4, -0.2) is 54.4 Å². The van der Waals surface area contributed by atoms with Crippen LogP contribution in [0.1, 0.15) is 15.9 Å². The fourth-order valence-electron chi connectivity index (χ4n) is 4.65. The van der Waals surface area contributed by atoms with Gasteiger partial charge in [-0.1, -0.05) is 30.3 Å². The first-order chi connectivity index (χ1) is 18.9. The van der Waals surface area contributed by atoms with Crippen LogP contribution in [-0.2, 0) is 4.79 Å². The summed E-state index contributed by atoms with van der Waals surface area (Å²) in [5.41, 5.74) is 3.53. The third-order valence-electron chi connectivity index (χ3n) is 6.77. The highest BCUT2D eigenvalue weighted by Gasteiger charge is 2.35. The minimum Gasteiger partial charge on any atom is -0.497 e. The Labute approximate surface area is 232 Å². The molecule has 0 saturated carbocycles. The standard InChI is InChI=1S/C31H28ClN3O4/c1-21(22-8-14-27(38-2)15-9-22)35-17-16-34(20-28(35)30(36)33-26-12-10-25(32)11-13-26)31(37)24-6-3-5-23(19-24)29-7-4-18-39-29/h3-15,18-19,28H,1,16-17,20H2,2H3,(H,33,36). The van der Waals surface area contributed by atoms with Gasteiger partial charge in [-0.25, -0.2) is 0 Å². The molecule has 1 unspecified atom stereocenters. The van der Waals surface area contributed by atoms with E-state index in [-0.39, 0.29) is 18.4 Å². The van der Waals surface area contributed by atoms with Crippen molar-refractivity contribution in [3.05, 3.63) is 114 Å². The molecule has 1 fully saturated rings. The summed E-state index contributed by atoms with van der Waals surface area (Å²) >= 11 is 6.02. The molecule has 1 N–H and O–H groups in total. The number of benzene rings is 3. The molecule has 2 amide bonds. The lowest BCUT2D eigenvalue weighted by Gasteiger charge is -2.42. The van der Waals surface area contributed by atoms with Gasteiger partial charge >= 0.3 is 0 Å². The van der Waals surface area contributed by atoms with E-state index in [1.165, 1.54) is 0 Å². The number of carbonyl (C=O) groups excluding carboxylic acids is 2. The Bertz CT molecular complexity index is 1470. The summed E-state index contributed by atoms with van der Waals surface area (Å²) in [5, 5.41) is 3.55. The molecule has 39 heavy (non-hydrogen) atoms. The van der Waals surface area contributed by atoms with E-state index >= 15 is 0 Å². The van der Waals surface area contributed by atoms with E-state index in [0.717, 1.165) is 16.9 Å². The lowest BCUT2D eigenvalue weighted by molar-refractivity contribution is -0.121. The predicted molar refractivity (Wildman–Crippen MR) is 153 cm³/mol. The van der Waals surface area contributed by atoms with Crippen molar-refractivity contribution >= 4 is 34.8 Å². The fraction of sp³-hybridized carbons (Fsp3) is 0.161. The van der Waals surface area contributed by atoms with Crippen LogP contribution in [0, 0.1) is 0 Å². The molecule has 8 heteroatoms. The number of halogens is 1. The Kier molecular flexibility index (Phi) is 7.70. The third-order valence-corrected chi connectivity index (χ3v) is 7.02. The number of hydrogen-bond donors (Lipinski definition) is 1. The number of amides is 2. The summed E-state index contributed by atoms with van der Waals surface area (Å²) in [6.45, 7) is 5.36. The number of ether oxygens (including phenoxy) is 1. The van der Waals surface area contributed by atoms with Crippen molar-refractivity contribution in [2.75, 3.05) is 32.1 Å². The molecule has 1 aliphatic rings. The molecular weight excluding hydrogens is 514 g/mol. The summed E-state index contributed by atoms with van der Waals surface area (Å²) < 4.78 is 10.8. The first-order valence-electron chi connectivity index (χ1n) is 12.5. The zero-order valence-corrected chi connectivity index (χ0v) is 22.2. The third kappa shape index (κ3) is 5.84. The molecule has 0 aliphatic carbocycles. The van der Waals surface area contributed by atoms with E-state index in [0.29, 0.717) is 40.8 Å². The maximum Gasteiger partial charge on any atom is 0.254 e. The van der Waals surface area contributed by atoms with Crippen LogP contribution in [0.3, 0.4) is 0 Å². The van der Waals surface area contributed by atoms with Crippen LogP contribution in [0.25, 0.3) is 17.0 Å². The molecule has 0 radical (unpaired) electrons. The lowest BCUT2D eigenvalue weighted by Crippen LogP contribution is -2.58. The van der Waals surface area contributed by atoms with E-state index in [9.17, 15) is 9.59 Å². The Hall–Kier alpha value is -4.49. The van der Waals surface area contributed by atoms with Gasteiger partial charge in [-0.3, -0.25) is 9.59 Å². The van der Waals surface area contributed by atoms with Crippen molar-refractivity contribution in [1.29, 1.82) is 0 Å². The van der Waals surface area contributed by atoms with E-state index in [2.05, 4.69) is 11.9 Å². The Morgan fingerprint density at radius 2 is 1.74 bits per heavy atom. The summed E-state index contributed by atoms with van der Waals surface area (Å²) in [5.74, 6) is 1.03. The zero-order chi connectivity index (χ0) is 27.4. The van der Waals surface area contributed by atoms with E-state index in [1.54, 1.807) is 48.6 Å². The number of piperazine rings is 1. The van der Waals surface area contributed by atoms with Gasteiger partial charge in [0.25, 0.3) is 5.91 Å². The van der Waals surface area contributed by atoms with Gasteiger partial charge < -0.3 is 24.3 Å². The van der Waals surface area contributed by atoms with Gasteiger partial charge in [0.15, 0.2) is 0 Å². The van der Waals surface area contributed by atoms with E-state index in [1.807, 2.05) is 59.5 Å². The second kappa shape index (κ2) is 11.5. The fourth-order valence-corrected chi connectivity index (χ4v) is 4.78. The van der Waals surface area contributed by atoms with E-state index in [4.69, 9.17) is 20.8 Å². The van der Waals surface area contributed by atoms with Crippen LogP contribution >= 0.6 is 11.6 Å². The molecular formula is C31H28ClN3O4. The quantitative estimate of drug-likeness (QED) is 0.308. The van der Waals surface area contributed by atoms with Crippen LogP contribution in [0.4, 0.5) is 5.69 Å². The molecule has 0 bridgehead atoms. The van der Waals surface area contributed by atoms with Gasteiger partial charge in [0.1, 0.15) is 17.6 Å². The highest BCUT2D eigenvalue weighted by atomic mass is 35.5. The van der Waals surface area contributed by atoms with E-state index < -0.39 is 6.04 Å². The molecule has 5 rings (SSSR count). The van der Waals surface area contributed by atoms with Crippen LogP contribution in [0.2, 0.25) is 5.02 Å². The number of nitrogens with zero attached hydrogens (tertiary/aromatic N) is 2. The maximum atomic E-state index is 13.6. The van der Waals surface area contributed by atoms with Crippen molar-refractivity contribution in [2.45, 2.75) is 6.04 Å². The van der Waals surface area contributed by atoms with Gasteiger partial charge in [-0.15, -0.1) is 0 Å². The Morgan fingerprint density at radius 1 is 0.974 bits per heavy atom. The number of hydrogen-bond acceptors (Lipinski definition) is 5. The highest BCUT2D eigenvalue weighted by Crippen LogP contribution is 2.27. The summed E-state index contributed by atoms with van der Waals surface area (Å²) in [6.07, 6.45) is 1.60. The zero-order valence-electron chi connectivity index (χ0n) is 21.5. The molecule has 198 valence electrons. The average molecular weight is 542 g/mol. The number of methoxy groups -OCH3 is 1. The number of anilines is 1. The lowest BCUT2D eigenvalue weighted by atomic mass is 10.0. The van der Waals surface area contributed by atoms with Crippen molar-refractivity contribution < 1.29 is 18.7 Å². The van der Waals surface area contributed by atoms with Crippen molar-refractivity contribution in [3.8, 4) is 17.1 Å². The first kappa shape index (κ1) is 26.1. The summed E-state index contributed by atoms with van der Waals surface area (Å²) in [7, 11) is 1.61. The first-order valence-corrected chi connectivity index (χ1v) is 12.9. The second-order valence-corrected chi connectivity index (χ2v) is 9.63. The van der Waals surface area contributed by atoms with Gasteiger partial charge in [0, 0.05) is 40.6 Å². The van der Waals surface area contributed by atoms with Gasteiger partial charge in [0.05, 0.1) is 19.9 Å². The molecule has 2 heterocycles. The Balaban J connectivity index is 1.40. The molecule has 1 atom stereocenters. The number of furan rings is 1. The van der Waals surface area contributed by atoms with Crippen molar-refractivity contribution in [2.24, 2.45) is 0 Å². The SMILES string of the molecule is C=C(c1ccc(OC)cc1)N1CCN(C(=O)c2cccc(-c3ccco3)c2)CC1C(=O)Nc1ccc(Cl)cc1. The highest BCUT2D eigenvalue weighted by molar-refractivity contribution is 6.30. The molecule has 1 aromatic heterocycles. The minimum absolute atomic E-state index is 0.151. The number of carbonyl (C=O) groups is 2. The summed E-state index contributed by atoms with van der Waals surface area (Å²) in [4.78, 5) is 30.9. The van der Waals surface area contributed by atoms with Crippen LogP contribution < -0.4 is 10.1 Å². The molecule has 7 nitrogen and oxygen atoms in total. The molecule has 4 aromatic rings. The number of nitrogens with one attached hydrogen (secondary N) is 1. The number of rotatable bonds is 7. The molecule has 0 spiro atoms. The largest absolute Gasteiger partial charge is 0.497 e. The van der Waals surface area contributed by atoms with Crippen LogP contribution in [0.5, 0.6) is 5.75 Å². The van der Waals surface area contributed by atoms with Crippen molar-refractivity contribution in [1.82, 2.24) is 9.80 Å². The molecule has 3 aromatic carbocycles. The van der Waals surface area contributed by atoms with Gasteiger partial charge in [-0.2, -0.15) is 0 Å². The van der Waals surface area contributed by atoms with Gasteiger partial charge in [0.2, 0.25) is 5.91 Å². The predicted octanol–water partition coefficient (Wildman–Crippen LogP) is 6.04. The van der Waals surface area contributed by atoms with Crippen LogP contribution in [0.15, 0.2) is 102 Å². The monoisotopic (exact) mass is 541 g/mol. The average Bonchev–Trinajstić information content (AvgIpc) is 3.53. The molecule has 1 aliphatic heterocycles. The Morgan fingerprint density at radius 3 is 2.44 bits per heavy atom. The van der Waals surface area contributed by atoms with Gasteiger partial charge in [-0.05, 0) is 78.4 Å². The topological polar surface area (TPSA) is 75.0 Å². The maximum absolute atomic E-state index is 13.6. The van der Waals surface area contributed by atoms with Crippen molar-refractivity contribution in [3.63, 3.8) is 0 Å². The molecule has 1 saturated heterocycles. The second-order valence-electron chi connectivity index (χ2n) is 9.19. The normalized spacial score (nSPS) is 15.1. The smallest absolute Gasteiger partial charge is 0.254 e. The summed E-state index contributed by atoms with van der Waals surface area (Å²) in [6, 6.07) is 24.8.